The maximum atomic E-state index is 5.04. The molecule has 1 N–H and O–H groups in total. The van der Waals surface area contributed by atoms with Crippen molar-refractivity contribution >= 4 is 5.69 Å². The minimum absolute atomic E-state index is 0.569. The highest BCUT2D eigenvalue weighted by molar-refractivity contribution is 5.45. The average Bonchev–Trinajstić information content (AvgIpc) is 2.46. The lowest BCUT2D eigenvalue weighted by molar-refractivity contribution is 0.397. The van der Waals surface area contributed by atoms with Gasteiger partial charge in [-0.3, -0.25) is 0 Å². The van der Waals surface area contributed by atoms with Gasteiger partial charge < -0.3 is 10.1 Å². The summed E-state index contributed by atoms with van der Waals surface area (Å²) >= 11 is 0. The minimum Gasteiger partial charge on any atom is -0.481 e. The number of benzene rings is 1. The van der Waals surface area contributed by atoms with E-state index in [1.807, 2.05) is 18.3 Å². The van der Waals surface area contributed by atoms with Gasteiger partial charge in [-0.1, -0.05) is 32.0 Å². The van der Waals surface area contributed by atoms with Crippen molar-refractivity contribution in [2.24, 2.45) is 0 Å². The van der Waals surface area contributed by atoms with Crippen LogP contribution in [-0.2, 0) is 6.54 Å². The second-order valence-corrected chi connectivity index (χ2v) is 4.84. The minimum atomic E-state index is 0.569. The van der Waals surface area contributed by atoms with Gasteiger partial charge >= 0.3 is 0 Å². The summed E-state index contributed by atoms with van der Waals surface area (Å²) < 4.78 is 5.04. The van der Waals surface area contributed by atoms with Crippen molar-refractivity contribution in [3.8, 4) is 5.88 Å². The van der Waals surface area contributed by atoms with Crippen LogP contribution < -0.4 is 10.1 Å². The highest BCUT2D eigenvalue weighted by Gasteiger charge is 1.99. The Bertz CT molecular complexity index is 503. The molecule has 0 saturated heterocycles. The van der Waals surface area contributed by atoms with E-state index in [1.54, 1.807) is 7.11 Å². The van der Waals surface area contributed by atoms with Crippen LogP contribution >= 0.6 is 0 Å². The molecular formula is C16H20N2O. The largest absolute Gasteiger partial charge is 0.481 e. The van der Waals surface area contributed by atoms with E-state index in [1.165, 1.54) is 5.56 Å². The van der Waals surface area contributed by atoms with Crippen LogP contribution in [0.3, 0.4) is 0 Å². The van der Waals surface area contributed by atoms with Crippen LogP contribution in [0.1, 0.15) is 30.9 Å². The molecule has 0 radical (unpaired) electrons. The second-order valence-electron chi connectivity index (χ2n) is 4.84. The van der Waals surface area contributed by atoms with Crippen LogP contribution in [0.2, 0.25) is 0 Å². The van der Waals surface area contributed by atoms with Gasteiger partial charge in [-0.05, 0) is 29.2 Å². The number of ether oxygens (including phenoxy) is 1. The van der Waals surface area contributed by atoms with Crippen molar-refractivity contribution in [1.82, 2.24) is 4.98 Å². The van der Waals surface area contributed by atoms with E-state index in [9.17, 15) is 0 Å². The maximum absolute atomic E-state index is 5.04. The zero-order valence-corrected chi connectivity index (χ0v) is 11.7. The molecule has 100 valence electrons. The molecule has 3 heteroatoms. The van der Waals surface area contributed by atoms with Gasteiger partial charge in [0.25, 0.3) is 0 Å². The van der Waals surface area contributed by atoms with Crippen LogP contribution in [0.15, 0.2) is 42.6 Å². The monoisotopic (exact) mass is 256 g/mol. The van der Waals surface area contributed by atoms with Crippen molar-refractivity contribution in [3.05, 3.63) is 53.7 Å². The number of rotatable bonds is 5. The summed E-state index contributed by atoms with van der Waals surface area (Å²) in [5.41, 5.74) is 3.62. The third-order valence-corrected chi connectivity index (χ3v) is 3.08. The van der Waals surface area contributed by atoms with Crippen molar-refractivity contribution in [2.75, 3.05) is 12.4 Å². The Morgan fingerprint density at radius 1 is 1.11 bits per heavy atom. The fourth-order valence-corrected chi connectivity index (χ4v) is 1.83. The number of nitrogens with one attached hydrogen (secondary N) is 1. The van der Waals surface area contributed by atoms with Gasteiger partial charge in [0.2, 0.25) is 5.88 Å². The van der Waals surface area contributed by atoms with Gasteiger partial charge in [-0.15, -0.1) is 0 Å². The molecule has 0 bridgehead atoms. The first kappa shape index (κ1) is 13.4. The first-order valence-corrected chi connectivity index (χ1v) is 6.52. The van der Waals surface area contributed by atoms with E-state index in [4.69, 9.17) is 4.74 Å². The number of hydrogen-bond donors (Lipinski definition) is 1. The third kappa shape index (κ3) is 3.71. The second kappa shape index (κ2) is 6.23. The highest BCUT2D eigenvalue weighted by atomic mass is 16.5. The van der Waals surface area contributed by atoms with E-state index >= 15 is 0 Å². The SMILES string of the molecule is COc1ccc(CNc2ccc(C(C)C)cc2)cn1. The van der Waals surface area contributed by atoms with Crippen LogP contribution in [-0.4, -0.2) is 12.1 Å². The molecule has 0 saturated carbocycles. The van der Waals surface area contributed by atoms with Crippen molar-refractivity contribution in [2.45, 2.75) is 26.3 Å². The van der Waals surface area contributed by atoms with Gasteiger partial charge in [0.15, 0.2) is 0 Å². The predicted molar refractivity (Wildman–Crippen MR) is 78.6 cm³/mol. The van der Waals surface area contributed by atoms with E-state index in [0.717, 1.165) is 17.8 Å². The Hall–Kier alpha value is -2.03. The van der Waals surface area contributed by atoms with Crippen LogP contribution in [0.5, 0.6) is 5.88 Å². The molecule has 2 rings (SSSR count). The smallest absolute Gasteiger partial charge is 0.212 e. The zero-order valence-electron chi connectivity index (χ0n) is 11.7. The van der Waals surface area contributed by atoms with Gasteiger partial charge in [0, 0.05) is 24.5 Å². The van der Waals surface area contributed by atoms with Gasteiger partial charge in [-0.2, -0.15) is 0 Å². The first-order chi connectivity index (χ1) is 9.19. The van der Waals surface area contributed by atoms with Crippen molar-refractivity contribution < 1.29 is 4.74 Å². The Morgan fingerprint density at radius 3 is 2.37 bits per heavy atom. The topological polar surface area (TPSA) is 34.1 Å². The van der Waals surface area contributed by atoms with Gasteiger partial charge in [0.05, 0.1) is 7.11 Å². The van der Waals surface area contributed by atoms with Crippen molar-refractivity contribution in [1.29, 1.82) is 0 Å². The Balaban J connectivity index is 1.94. The predicted octanol–water partition coefficient (Wildman–Crippen LogP) is 3.83. The molecule has 0 fully saturated rings. The molecule has 3 nitrogen and oxygen atoms in total. The number of aromatic nitrogens is 1. The summed E-state index contributed by atoms with van der Waals surface area (Å²) in [5.74, 6) is 1.21. The Morgan fingerprint density at radius 2 is 1.84 bits per heavy atom. The van der Waals surface area contributed by atoms with E-state index in [2.05, 4.69) is 48.4 Å². The summed E-state index contributed by atoms with van der Waals surface area (Å²) in [7, 11) is 1.62. The molecule has 19 heavy (non-hydrogen) atoms. The molecule has 0 aliphatic heterocycles. The zero-order chi connectivity index (χ0) is 13.7. The molecule has 0 amide bonds. The number of anilines is 1. The number of nitrogens with zero attached hydrogens (tertiary/aromatic N) is 1. The summed E-state index contributed by atoms with van der Waals surface area (Å²) in [6.45, 7) is 5.16. The molecule has 0 unspecified atom stereocenters. The molecular weight excluding hydrogens is 236 g/mol. The first-order valence-electron chi connectivity index (χ1n) is 6.52. The van der Waals surface area contributed by atoms with Gasteiger partial charge in [0.1, 0.15) is 0 Å². The molecule has 1 heterocycles. The fraction of sp³-hybridized carbons (Fsp3) is 0.312. The molecule has 2 aromatic rings. The van der Waals surface area contributed by atoms with Crippen LogP contribution in [0.25, 0.3) is 0 Å². The fourth-order valence-electron chi connectivity index (χ4n) is 1.83. The normalized spacial score (nSPS) is 10.5. The lowest BCUT2D eigenvalue weighted by Crippen LogP contribution is -2.00. The lowest BCUT2D eigenvalue weighted by Gasteiger charge is -2.09. The third-order valence-electron chi connectivity index (χ3n) is 3.08. The number of methoxy groups -OCH3 is 1. The Kier molecular flexibility index (Phi) is 4.39. The quantitative estimate of drug-likeness (QED) is 0.883. The van der Waals surface area contributed by atoms with E-state index in [-0.39, 0.29) is 0 Å². The summed E-state index contributed by atoms with van der Waals surface area (Å²) in [5, 5.41) is 3.38. The lowest BCUT2D eigenvalue weighted by atomic mass is 10.0. The van der Waals surface area contributed by atoms with E-state index in [0.29, 0.717) is 11.8 Å². The Labute approximate surface area is 114 Å². The summed E-state index contributed by atoms with van der Waals surface area (Å²) in [6.07, 6.45) is 1.83. The molecule has 1 aromatic carbocycles. The van der Waals surface area contributed by atoms with Gasteiger partial charge in [-0.25, -0.2) is 4.98 Å². The molecule has 1 aromatic heterocycles. The summed E-state index contributed by atoms with van der Waals surface area (Å²) in [6, 6.07) is 12.5. The average molecular weight is 256 g/mol. The standard InChI is InChI=1S/C16H20N2O/c1-12(2)14-5-7-15(8-6-14)17-10-13-4-9-16(19-3)18-11-13/h4-9,11-12,17H,10H2,1-3H3. The molecule has 0 aliphatic carbocycles. The van der Waals surface area contributed by atoms with Crippen LogP contribution in [0, 0.1) is 0 Å². The maximum Gasteiger partial charge on any atom is 0.212 e. The number of pyridine rings is 1. The number of hydrogen-bond acceptors (Lipinski definition) is 3. The van der Waals surface area contributed by atoms with Crippen molar-refractivity contribution in [3.63, 3.8) is 0 Å². The molecule has 0 atom stereocenters. The highest BCUT2D eigenvalue weighted by Crippen LogP contribution is 2.17. The molecule has 0 aliphatic rings. The molecule has 0 spiro atoms. The van der Waals surface area contributed by atoms with E-state index < -0.39 is 0 Å². The van der Waals surface area contributed by atoms with Crippen LogP contribution in [0.4, 0.5) is 5.69 Å². The summed E-state index contributed by atoms with van der Waals surface area (Å²) in [4.78, 5) is 4.18.